The average molecular weight is 305 g/mol. The van der Waals surface area contributed by atoms with Crippen molar-refractivity contribution < 1.29 is 19.5 Å². The number of pyridine rings is 1. The number of nitrogens with one attached hydrogen (secondary N) is 4. The van der Waals surface area contributed by atoms with E-state index in [0.29, 0.717) is 6.54 Å². The molecule has 7 nitrogen and oxygen atoms in total. The Balaban J connectivity index is 1.39. The maximum atomic E-state index is 11.9. The monoisotopic (exact) mass is 305 g/mol. The number of quaternary nitrogens is 1. The highest BCUT2D eigenvalue weighted by Crippen LogP contribution is 2.18. The summed E-state index contributed by atoms with van der Waals surface area (Å²) in [6.45, 7) is 3.93. The Labute approximate surface area is 129 Å². The molecule has 4 N–H and O–H groups in total. The molecule has 1 aromatic rings. The molecule has 0 atom stereocenters. The molecule has 0 aromatic carbocycles. The molecular formula is C15H23N5O2+2. The molecule has 2 heterocycles. The van der Waals surface area contributed by atoms with E-state index < -0.39 is 0 Å². The van der Waals surface area contributed by atoms with Gasteiger partial charge >= 0.3 is 6.03 Å². The number of carbonyl (C=O) groups is 2. The zero-order valence-electron chi connectivity index (χ0n) is 12.6. The number of nitrogens with zero attached hydrogens (tertiary/aromatic N) is 1. The first-order valence-corrected chi connectivity index (χ1v) is 7.86. The lowest BCUT2D eigenvalue weighted by Gasteiger charge is -2.27. The van der Waals surface area contributed by atoms with Crippen LogP contribution in [0.15, 0.2) is 24.4 Å². The van der Waals surface area contributed by atoms with Crippen molar-refractivity contribution in [2.75, 3.05) is 37.6 Å². The number of carbonyl (C=O) groups excluding carboxylic acids is 2. The molecule has 1 saturated carbocycles. The number of rotatable bonds is 4. The van der Waals surface area contributed by atoms with Gasteiger partial charge in [0.25, 0.3) is 11.7 Å². The minimum atomic E-state index is -0.357. The maximum absolute atomic E-state index is 11.9. The van der Waals surface area contributed by atoms with E-state index >= 15 is 0 Å². The molecule has 0 bridgehead atoms. The van der Waals surface area contributed by atoms with Crippen LogP contribution in [0.3, 0.4) is 0 Å². The van der Waals surface area contributed by atoms with Crippen molar-refractivity contribution in [1.82, 2.24) is 10.6 Å². The van der Waals surface area contributed by atoms with Crippen molar-refractivity contribution in [3.05, 3.63) is 24.4 Å². The van der Waals surface area contributed by atoms with Gasteiger partial charge in [0.1, 0.15) is 26.2 Å². The Morgan fingerprint density at radius 3 is 2.68 bits per heavy atom. The summed E-state index contributed by atoms with van der Waals surface area (Å²) in [5.74, 6) is 0.905. The predicted octanol–water partition coefficient (Wildman–Crippen LogP) is -1.81. The summed E-state index contributed by atoms with van der Waals surface area (Å²) < 4.78 is 0. The second kappa shape index (κ2) is 6.74. The van der Waals surface area contributed by atoms with Gasteiger partial charge in [-0.2, -0.15) is 0 Å². The first-order valence-electron chi connectivity index (χ1n) is 7.86. The smallest absolute Gasteiger partial charge is 0.321 e. The van der Waals surface area contributed by atoms with Crippen molar-refractivity contribution in [2.24, 2.45) is 0 Å². The molecule has 0 radical (unpaired) electrons. The van der Waals surface area contributed by atoms with Gasteiger partial charge < -0.3 is 10.2 Å². The summed E-state index contributed by atoms with van der Waals surface area (Å²) in [5.41, 5.74) is 0. The second-order valence-electron chi connectivity index (χ2n) is 5.96. The number of imide groups is 1. The summed E-state index contributed by atoms with van der Waals surface area (Å²) in [5, 5.41) is 5.17. The molecule has 22 heavy (non-hydrogen) atoms. The lowest BCUT2D eigenvalue weighted by Crippen LogP contribution is -3.16. The Morgan fingerprint density at radius 2 is 2.05 bits per heavy atom. The summed E-state index contributed by atoms with van der Waals surface area (Å²) in [7, 11) is 0. The van der Waals surface area contributed by atoms with E-state index in [1.165, 1.54) is 4.90 Å². The number of piperazine rings is 1. The zero-order chi connectivity index (χ0) is 15.4. The normalized spacial score (nSPS) is 18.8. The van der Waals surface area contributed by atoms with Gasteiger partial charge in [0.2, 0.25) is 0 Å². The van der Waals surface area contributed by atoms with E-state index in [-0.39, 0.29) is 18.0 Å². The van der Waals surface area contributed by atoms with Crippen LogP contribution in [-0.4, -0.2) is 50.7 Å². The predicted molar refractivity (Wildman–Crippen MR) is 80.5 cm³/mol. The average Bonchev–Trinajstić information content (AvgIpc) is 3.32. The highest BCUT2D eigenvalue weighted by molar-refractivity contribution is 5.94. The molecule has 3 amide bonds. The number of aromatic amines is 1. The lowest BCUT2D eigenvalue weighted by molar-refractivity contribution is -0.892. The van der Waals surface area contributed by atoms with Gasteiger partial charge in [0, 0.05) is 12.1 Å². The van der Waals surface area contributed by atoms with E-state index in [2.05, 4.69) is 26.6 Å². The minimum absolute atomic E-state index is 0.201. The molecule has 0 unspecified atom stereocenters. The van der Waals surface area contributed by atoms with Crippen LogP contribution in [0.2, 0.25) is 0 Å². The highest BCUT2D eigenvalue weighted by Gasteiger charge is 2.28. The Bertz CT molecular complexity index is 524. The first-order chi connectivity index (χ1) is 10.7. The van der Waals surface area contributed by atoms with E-state index in [9.17, 15) is 9.59 Å². The second-order valence-corrected chi connectivity index (χ2v) is 5.96. The van der Waals surface area contributed by atoms with Crippen LogP contribution in [-0.2, 0) is 4.79 Å². The fourth-order valence-electron chi connectivity index (χ4n) is 2.67. The number of H-pyrrole nitrogens is 1. The fraction of sp³-hybridized carbons (Fsp3) is 0.533. The topological polar surface area (TPSA) is 80.0 Å². The number of amides is 3. The summed E-state index contributed by atoms with van der Waals surface area (Å²) in [4.78, 5) is 30.1. The molecule has 1 saturated heterocycles. The Hall–Kier alpha value is -2.15. The van der Waals surface area contributed by atoms with Crippen LogP contribution < -0.4 is 25.4 Å². The molecule has 2 fully saturated rings. The van der Waals surface area contributed by atoms with Gasteiger partial charge in [-0.05, 0) is 18.9 Å². The van der Waals surface area contributed by atoms with Crippen LogP contribution in [0, 0.1) is 0 Å². The Kier molecular flexibility index (Phi) is 4.53. The number of hydrogen-bond acceptors (Lipinski definition) is 3. The van der Waals surface area contributed by atoms with Crippen molar-refractivity contribution in [3.63, 3.8) is 0 Å². The van der Waals surface area contributed by atoms with E-state index in [1.807, 2.05) is 18.3 Å². The standard InChI is InChI=1S/C15H21N5O2/c21-14(18-15(22)17-12-4-5-12)11-19-7-9-20(10-8-19)13-3-1-2-6-16-13/h1-3,6,12H,4-5,7-11H2,(H2,17,18,21,22)/p+2. The van der Waals surface area contributed by atoms with E-state index in [4.69, 9.17) is 0 Å². The van der Waals surface area contributed by atoms with E-state index in [0.717, 1.165) is 44.8 Å². The van der Waals surface area contributed by atoms with Gasteiger partial charge in [-0.25, -0.2) is 9.78 Å². The third kappa shape index (κ3) is 4.17. The molecule has 3 rings (SSSR count). The van der Waals surface area contributed by atoms with Crippen molar-refractivity contribution in [2.45, 2.75) is 18.9 Å². The highest BCUT2D eigenvalue weighted by atomic mass is 16.2. The SMILES string of the molecule is O=C(C[NH+]1CCN(c2cccc[nH+]2)CC1)NC(=O)NC1CC1. The number of urea groups is 1. The third-order valence-corrected chi connectivity index (χ3v) is 4.08. The lowest BCUT2D eigenvalue weighted by atomic mass is 10.3. The van der Waals surface area contributed by atoms with E-state index in [1.54, 1.807) is 0 Å². The van der Waals surface area contributed by atoms with Gasteiger partial charge in [-0.3, -0.25) is 15.0 Å². The summed E-state index contributed by atoms with van der Waals surface area (Å²) >= 11 is 0. The van der Waals surface area contributed by atoms with Crippen LogP contribution in [0.4, 0.5) is 10.6 Å². The van der Waals surface area contributed by atoms with Gasteiger partial charge in [-0.1, -0.05) is 6.07 Å². The van der Waals surface area contributed by atoms with Gasteiger partial charge in [0.15, 0.2) is 6.54 Å². The quantitative estimate of drug-likeness (QED) is 0.614. The van der Waals surface area contributed by atoms with Crippen LogP contribution in [0.25, 0.3) is 0 Å². The van der Waals surface area contributed by atoms with Crippen LogP contribution in [0.1, 0.15) is 12.8 Å². The molecule has 1 aliphatic heterocycles. The molecular weight excluding hydrogens is 282 g/mol. The molecule has 1 aromatic heterocycles. The largest absolute Gasteiger partial charge is 0.335 e. The Morgan fingerprint density at radius 1 is 1.27 bits per heavy atom. The van der Waals surface area contributed by atoms with Crippen molar-refractivity contribution in [1.29, 1.82) is 0 Å². The minimum Gasteiger partial charge on any atom is -0.335 e. The molecule has 2 aliphatic rings. The number of aromatic nitrogens is 1. The van der Waals surface area contributed by atoms with Gasteiger partial charge in [0.05, 0.1) is 6.20 Å². The fourth-order valence-corrected chi connectivity index (χ4v) is 2.67. The zero-order valence-corrected chi connectivity index (χ0v) is 12.6. The molecule has 118 valence electrons. The third-order valence-electron chi connectivity index (χ3n) is 4.08. The summed E-state index contributed by atoms with van der Waals surface area (Å²) in [6.07, 6.45) is 3.96. The number of hydrogen-bond donors (Lipinski definition) is 3. The molecule has 1 aliphatic carbocycles. The van der Waals surface area contributed by atoms with Crippen LogP contribution in [0.5, 0.6) is 0 Å². The number of anilines is 1. The van der Waals surface area contributed by atoms with Crippen molar-refractivity contribution in [3.8, 4) is 0 Å². The van der Waals surface area contributed by atoms with Crippen molar-refractivity contribution >= 4 is 17.8 Å². The summed E-state index contributed by atoms with van der Waals surface area (Å²) in [6, 6.07) is 5.94. The first kappa shape index (κ1) is 14.8. The van der Waals surface area contributed by atoms with Gasteiger partial charge in [-0.15, -0.1) is 0 Å². The molecule has 0 spiro atoms. The van der Waals surface area contributed by atoms with Crippen LogP contribution >= 0.6 is 0 Å². The molecule has 7 heteroatoms. The maximum Gasteiger partial charge on any atom is 0.321 e.